The van der Waals surface area contributed by atoms with E-state index >= 15 is 0 Å². The first-order valence-electron chi connectivity index (χ1n) is 7.59. The van der Waals surface area contributed by atoms with Gasteiger partial charge in [-0.3, -0.25) is 14.5 Å². The zero-order chi connectivity index (χ0) is 16.8. The zero-order valence-corrected chi connectivity index (χ0v) is 13.1. The van der Waals surface area contributed by atoms with Gasteiger partial charge in [0.15, 0.2) is 0 Å². The van der Waals surface area contributed by atoms with Crippen LogP contribution in [0.25, 0.3) is 0 Å². The van der Waals surface area contributed by atoms with E-state index in [1.807, 2.05) is 6.07 Å². The second-order valence-electron chi connectivity index (χ2n) is 5.59. The highest BCUT2D eigenvalue weighted by Crippen LogP contribution is 2.20. The summed E-state index contributed by atoms with van der Waals surface area (Å²) < 4.78 is 0. The number of hydrogen-bond acceptors (Lipinski definition) is 4. The SMILES string of the molecule is CC(=O)N(/C=C(/C#N)C(=O)NC1CCCC1)c1ccc(N)cc1. The third kappa shape index (κ3) is 4.33. The average Bonchev–Trinajstić information content (AvgIpc) is 3.02. The molecule has 1 aromatic carbocycles. The number of amides is 2. The van der Waals surface area contributed by atoms with Gasteiger partial charge in [0.2, 0.25) is 5.91 Å². The van der Waals surface area contributed by atoms with Crippen LogP contribution in [-0.4, -0.2) is 17.9 Å². The molecule has 2 rings (SSSR count). The first-order chi connectivity index (χ1) is 11.0. The van der Waals surface area contributed by atoms with Crippen molar-refractivity contribution in [1.82, 2.24) is 5.32 Å². The monoisotopic (exact) mass is 312 g/mol. The van der Waals surface area contributed by atoms with Crippen molar-refractivity contribution >= 4 is 23.2 Å². The van der Waals surface area contributed by atoms with Gasteiger partial charge < -0.3 is 11.1 Å². The summed E-state index contributed by atoms with van der Waals surface area (Å²) in [6, 6.07) is 8.63. The highest BCUT2D eigenvalue weighted by molar-refractivity contribution is 6.01. The molecular formula is C17H20N4O2. The summed E-state index contributed by atoms with van der Waals surface area (Å²) in [5, 5.41) is 12.1. The van der Waals surface area contributed by atoms with E-state index in [1.165, 1.54) is 18.0 Å². The minimum absolute atomic E-state index is 0.0936. The van der Waals surface area contributed by atoms with Crippen molar-refractivity contribution in [2.45, 2.75) is 38.6 Å². The Morgan fingerprint density at radius 2 is 1.91 bits per heavy atom. The van der Waals surface area contributed by atoms with Crippen molar-refractivity contribution in [3.63, 3.8) is 0 Å². The number of benzene rings is 1. The van der Waals surface area contributed by atoms with Crippen LogP contribution in [0.1, 0.15) is 32.6 Å². The van der Waals surface area contributed by atoms with E-state index in [1.54, 1.807) is 24.3 Å². The molecule has 1 fully saturated rings. The molecular weight excluding hydrogens is 292 g/mol. The number of rotatable bonds is 4. The van der Waals surface area contributed by atoms with Gasteiger partial charge in [0.05, 0.1) is 0 Å². The molecule has 1 aliphatic carbocycles. The number of carbonyl (C=O) groups excluding carboxylic acids is 2. The number of nitrogens with two attached hydrogens (primary N) is 1. The Kier molecular flexibility index (Phi) is 5.36. The summed E-state index contributed by atoms with van der Waals surface area (Å²) in [5.41, 5.74) is 6.66. The van der Waals surface area contributed by atoms with E-state index in [9.17, 15) is 14.9 Å². The molecule has 6 heteroatoms. The lowest BCUT2D eigenvalue weighted by molar-refractivity contribution is -0.117. The van der Waals surface area contributed by atoms with Crippen LogP contribution in [0.5, 0.6) is 0 Å². The minimum Gasteiger partial charge on any atom is -0.399 e. The molecule has 0 aliphatic heterocycles. The molecule has 1 saturated carbocycles. The Morgan fingerprint density at radius 3 is 2.43 bits per heavy atom. The maximum absolute atomic E-state index is 12.2. The number of carbonyl (C=O) groups is 2. The van der Waals surface area contributed by atoms with Gasteiger partial charge in [-0.1, -0.05) is 12.8 Å². The van der Waals surface area contributed by atoms with Crippen molar-refractivity contribution in [2.75, 3.05) is 10.6 Å². The number of nitrogens with zero attached hydrogens (tertiary/aromatic N) is 2. The van der Waals surface area contributed by atoms with Crippen molar-refractivity contribution in [2.24, 2.45) is 0 Å². The second-order valence-corrected chi connectivity index (χ2v) is 5.59. The van der Waals surface area contributed by atoms with Crippen LogP contribution in [0, 0.1) is 11.3 Å². The first-order valence-corrected chi connectivity index (χ1v) is 7.59. The maximum Gasteiger partial charge on any atom is 0.263 e. The van der Waals surface area contributed by atoms with Gasteiger partial charge in [-0.25, -0.2) is 0 Å². The Balaban J connectivity index is 2.21. The topological polar surface area (TPSA) is 99.2 Å². The van der Waals surface area contributed by atoms with E-state index in [2.05, 4.69) is 5.32 Å². The minimum atomic E-state index is -0.443. The molecule has 0 aromatic heterocycles. The van der Waals surface area contributed by atoms with Crippen molar-refractivity contribution in [1.29, 1.82) is 5.26 Å². The largest absolute Gasteiger partial charge is 0.399 e. The standard InChI is InChI=1S/C17H20N4O2/c1-12(22)21(16-8-6-14(19)7-9-16)11-13(10-18)17(23)20-15-4-2-3-5-15/h6-9,11,15H,2-5,19H2,1H3,(H,20,23)/b13-11-. The predicted octanol–water partition coefficient (Wildman–Crippen LogP) is 2.09. The third-order valence-electron chi connectivity index (χ3n) is 3.82. The molecule has 1 aliphatic rings. The molecule has 0 atom stereocenters. The highest BCUT2D eigenvalue weighted by atomic mass is 16.2. The first kappa shape index (κ1) is 16.6. The molecule has 3 N–H and O–H groups in total. The number of hydrogen-bond donors (Lipinski definition) is 2. The van der Waals surface area contributed by atoms with E-state index in [0.29, 0.717) is 11.4 Å². The second kappa shape index (κ2) is 7.45. The fourth-order valence-electron chi connectivity index (χ4n) is 2.58. The lowest BCUT2D eigenvalue weighted by Crippen LogP contribution is -2.34. The highest BCUT2D eigenvalue weighted by Gasteiger charge is 2.20. The molecule has 23 heavy (non-hydrogen) atoms. The van der Waals surface area contributed by atoms with Crippen LogP contribution < -0.4 is 16.0 Å². The van der Waals surface area contributed by atoms with E-state index in [4.69, 9.17) is 5.73 Å². The van der Waals surface area contributed by atoms with Crippen molar-refractivity contribution in [3.8, 4) is 6.07 Å². The van der Waals surface area contributed by atoms with Crippen LogP contribution >= 0.6 is 0 Å². The fourth-order valence-corrected chi connectivity index (χ4v) is 2.58. The smallest absolute Gasteiger partial charge is 0.263 e. The summed E-state index contributed by atoms with van der Waals surface area (Å²) in [6.07, 6.45) is 5.30. The van der Waals surface area contributed by atoms with Gasteiger partial charge in [0.1, 0.15) is 11.6 Å². The molecule has 0 spiro atoms. The summed E-state index contributed by atoms with van der Waals surface area (Å²) in [6.45, 7) is 1.37. The fraction of sp³-hybridized carbons (Fsp3) is 0.353. The lowest BCUT2D eigenvalue weighted by Gasteiger charge is -2.18. The maximum atomic E-state index is 12.2. The average molecular weight is 312 g/mol. The molecule has 2 amide bonds. The van der Waals surface area contributed by atoms with Crippen LogP contribution in [0.2, 0.25) is 0 Å². The molecule has 0 bridgehead atoms. The molecule has 0 heterocycles. The van der Waals surface area contributed by atoms with Crippen LogP contribution in [-0.2, 0) is 9.59 Å². The van der Waals surface area contributed by atoms with Crippen molar-refractivity contribution < 1.29 is 9.59 Å². The lowest BCUT2D eigenvalue weighted by atomic mass is 10.2. The van der Waals surface area contributed by atoms with Crippen LogP contribution in [0.3, 0.4) is 0 Å². The Labute approximate surface area is 135 Å². The number of nitrogens with one attached hydrogen (secondary N) is 1. The summed E-state index contributed by atoms with van der Waals surface area (Å²) in [5.74, 6) is -0.739. The molecule has 6 nitrogen and oxygen atoms in total. The zero-order valence-electron chi connectivity index (χ0n) is 13.1. The Bertz CT molecular complexity index is 652. The number of nitriles is 1. The number of nitrogen functional groups attached to an aromatic ring is 1. The van der Waals surface area contributed by atoms with Crippen LogP contribution in [0.15, 0.2) is 36.0 Å². The van der Waals surface area contributed by atoms with E-state index < -0.39 is 5.91 Å². The van der Waals surface area contributed by atoms with Gasteiger partial charge >= 0.3 is 0 Å². The van der Waals surface area contributed by atoms with Gasteiger partial charge in [-0.2, -0.15) is 5.26 Å². The number of anilines is 2. The van der Waals surface area contributed by atoms with Gasteiger partial charge in [-0.05, 0) is 37.1 Å². The quantitative estimate of drug-likeness (QED) is 0.505. The summed E-state index contributed by atoms with van der Waals surface area (Å²) in [4.78, 5) is 25.3. The molecule has 120 valence electrons. The molecule has 0 saturated heterocycles. The van der Waals surface area contributed by atoms with Gasteiger partial charge in [0.25, 0.3) is 5.91 Å². The molecule has 0 radical (unpaired) electrons. The van der Waals surface area contributed by atoms with E-state index in [-0.39, 0.29) is 17.5 Å². The third-order valence-corrected chi connectivity index (χ3v) is 3.82. The van der Waals surface area contributed by atoms with E-state index in [0.717, 1.165) is 25.7 Å². The van der Waals surface area contributed by atoms with Crippen LogP contribution in [0.4, 0.5) is 11.4 Å². The Morgan fingerprint density at radius 1 is 1.30 bits per heavy atom. The summed E-state index contributed by atoms with van der Waals surface area (Å²) >= 11 is 0. The molecule has 0 unspecified atom stereocenters. The van der Waals surface area contributed by atoms with Crippen molar-refractivity contribution in [3.05, 3.63) is 36.0 Å². The summed E-state index contributed by atoms with van der Waals surface area (Å²) in [7, 11) is 0. The van der Waals surface area contributed by atoms with Gasteiger partial charge in [-0.15, -0.1) is 0 Å². The molecule has 1 aromatic rings. The normalized spacial score (nSPS) is 15.0. The Hall–Kier alpha value is -2.81. The predicted molar refractivity (Wildman–Crippen MR) is 88.1 cm³/mol. The van der Waals surface area contributed by atoms with Gasteiger partial charge in [0, 0.05) is 30.5 Å².